The monoisotopic (exact) mass is 400 g/mol. The summed E-state index contributed by atoms with van der Waals surface area (Å²) < 4.78 is 33.2. The fourth-order valence-corrected chi connectivity index (χ4v) is 4.31. The molecule has 0 saturated heterocycles. The molecule has 0 amide bonds. The van der Waals surface area contributed by atoms with Gasteiger partial charge in [0.05, 0.1) is 4.90 Å². The Balaban J connectivity index is 0.00000243. The second-order valence-corrected chi connectivity index (χ2v) is 8.25. The van der Waals surface area contributed by atoms with Gasteiger partial charge in [0.1, 0.15) is 0 Å². The lowest BCUT2D eigenvalue weighted by Crippen LogP contribution is -2.32. The van der Waals surface area contributed by atoms with Crippen molar-refractivity contribution in [1.82, 2.24) is 20.2 Å². The minimum absolute atomic E-state index is 0. The second-order valence-electron chi connectivity index (χ2n) is 6.54. The number of hydrogen-bond donors (Lipinski definition) is 2. The highest BCUT2D eigenvalue weighted by Crippen LogP contribution is 2.24. The summed E-state index contributed by atoms with van der Waals surface area (Å²) >= 11 is 0. The molecule has 1 aromatic heterocycles. The summed E-state index contributed by atoms with van der Waals surface area (Å²) in [5.41, 5.74) is 0.602. The van der Waals surface area contributed by atoms with Gasteiger partial charge in [-0.25, -0.2) is 13.1 Å². The first kappa shape index (κ1) is 20.8. The van der Waals surface area contributed by atoms with Gasteiger partial charge in [-0.05, 0) is 45.0 Å². The zero-order valence-corrected chi connectivity index (χ0v) is 16.6. The van der Waals surface area contributed by atoms with Gasteiger partial charge in [-0.3, -0.25) is 0 Å². The molecule has 9 heteroatoms. The Hall–Kier alpha value is -1.48. The van der Waals surface area contributed by atoms with E-state index in [1.165, 1.54) is 0 Å². The zero-order valence-electron chi connectivity index (χ0n) is 14.9. The maximum atomic E-state index is 12.6. The highest BCUT2D eigenvalue weighted by atomic mass is 35.5. The Morgan fingerprint density at radius 2 is 2.04 bits per heavy atom. The lowest BCUT2D eigenvalue weighted by molar-refractivity contribution is 0.418. The van der Waals surface area contributed by atoms with E-state index >= 15 is 0 Å². The van der Waals surface area contributed by atoms with Crippen LogP contribution in [0.5, 0.6) is 0 Å². The van der Waals surface area contributed by atoms with Crippen LogP contribution in [-0.2, 0) is 16.4 Å². The maximum Gasteiger partial charge on any atom is 0.257 e. The van der Waals surface area contributed by atoms with E-state index in [0.717, 1.165) is 25.7 Å². The number of nitrogens with zero attached hydrogens (tertiary/aromatic N) is 2. The van der Waals surface area contributed by atoms with Crippen LogP contribution in [-0.4, -0.2) is 37.7 Å². The van der Waals surface area contributed by atoms with E-state index in [9.17, 15) is 8.42 Å². The van der Waals surface area contributed by atoms with E-state index in [0.29, 0.717) is 23.7 Å². The molecule has 1 aromatic carbocycles. The largest absolute Gasteiger partial charge is 0.334 e. The molecule has 2 N–H and O–H groups in total. The highest BCUT2D eigenvalue weighted by molar-refractivity contribution is 7.89. The van der Waals surface area contributed by atoms with Crippen molar-refractivity contribution >= 4 is 22.4 Å². The van der Waals surface area contributed by atoms with Crippen LogP contribution in [0.15, 0.2) is 33.7 Å². The van der Waals surface area contributed by atoms with E-state index in [4.69, 9.17) is 4.52 Å². The van der Waals surface area contributed by atoms with Crippen LogP contribution in [0.3, 0.4) is 0 Å². The summed E-state index contributed by atoms with van der Waals surface area (Å²) in [5.74, 6) is 0.922. The molecule has 1 atom stereocenters. The number of likely N-dealkylation sites (N-methyl/N-ethyl adjacent to an activating group) is 1. The number of sulfonamides is 1. The summed E-state index contributed by atoms with van der Waals surface area (Å²) in [6, 6.07) is 6.89. The Morgan fingerprint density at radius 1 is 1.31 bits per heavy atom. The van der Waals surface area contributed by atoms with Gasteiger partial charge >= 0.3 is 0 Å². The predicted molar refractivity (Wildman–Crippen MR) is 102 cm³/mol. The first-order chi connectivity index (χ1) is 12.0. The SMILES string of the molecule is CNC(C)Cc1noc(-c2cccc(S(=O)(=O)NC3CCCC3)c2)n1.Cl. The van der Waals surface area contributed by atoms with Crippen LogP contribution in [0.4, 0.5) is 0 Å². The molecule has 2 aromatic rings. The van der Waals surface area contributed by atoms with Crippen molar-refractivity contribution in [2.75, 3.05) is 7.05 Å². The Morgan fingerprint density at radius 3 is 2.73 bits per heavy atom. The molecule has 1 aliphatic rings. The standard InChI is InChI=1S/C17H24N4O3S.ClH/c1-12(18-2)10-16-19-17(24-20-16)13-6-5-9-15(11-13)25(22,23)21-14-7-3-4-8-14;/h5-6,9,11-12,14,18,21H,3-4,7-8,10H2,1-2H3;1H. The van der Waals surface area contributed by atoms with E-state index < -0.39 is 10.0 Å². The number of hydrogen-bond acceptors (Lipinski definition) is 6. The van der Waals surface area contributed by atoms with Gasteiger partial charge in [-0.15, -0.1) is 12.4 Å². The molecule has 1 fully saturated rings. The van der Waals surface area contributed by atoms with Gasteiger partial charge in [0.25, 0.3) is 5.89 Å². The maximum absolute atomic E-state index is 12.6. The number of rotatable bonds is 7. The van der Waals surface area contributed by atoms with Gasteiger partial charge in [0.15, 0.2) is 5.82 Å². The predicted octanol–water partition coefficient (Wildman–Crippen LogP) is 2.53. The van der Waals surface area contributed by atoms with Crippen LogP contribution in [0.1, 0.15) is 38.4 Å². The summed E-state index contributed by atoms with van der Waals surface area (Å²) in [6.45, 7) is 2.03. The third kappa shape index (κ3) is 5.03. The smallest absolute Gasteiger partial charge is 0.257 e. The third-order valence-electron chi connectivity index (χ3n) is 4.52. The molecule has 1 heterocycles. The first-order valence-electron chi connectivity index (χ1n) is 8.60. The van der Waals surface area contributed by atoms with Crippen molar-refractivity contribution in [3.63, 3.8) is 0 Å². The average molecular weight is 401 g/mol. The lowest BCUT2D eigenvalue weighted by atomic mass is 10.2. The molecule has 0 radical (unpaired) electrons. The van der Waals surface area contributed by atoms with Gasteiger partial charge in [-0.1, -0.05) is 24.1 Å². The van der Waals surface area contributed by atoms with Gasteiger partial charge in [-0.2, -0.15) is 4.98 Å². The Labute approximate surface area is 160 Å². The van der Waals surface area contributed by atoms with Crippen molar-refractivity contribution in [2.24, 2.45) is 0 Å². The Kier molecular flexibility index (Phi) is 7.16. The molecule has 0 bridgehead atoms. The normalized spacial score (nSPS) is 16.4. The van der Waals surface area contributed by atoms with Crippen LogP contribution >= 0.6 is 12.4 Å². The fourth-order valence-electron chi connectivity index (χ4n) is 2.96. The molecular formula is C17H25ClN4O3S. The average Bonchev–Trinajstić information content (AvgIpc) is 3.26. The minimum Gasteiger partial charge on any atom is -0.334 e. The molecule has 144 valence electrons. The molecule has 1 aliphatic carbocycles. The van der Waals surface area contributed by atoms with Crippen LogP contribution in [0.2, 0.25) is 0 Å². The third-order valence-corrected chi connectivity index (χ3v) is 6.04. The molecule has 26 heavy (non-hydrogen) atoms. The number of nitrogens with one attached hydrogen (secondary N) is 2. The van der Waals surface area contributed by atoms with Crippen LogP contribution in [0.25, 0.3) is 11.5 Å². The molecule has 1 saturated carbocycles. The van der Waals surface area contributed by atoms with E-state index in [1.54, 1.807) is 24.3 Å². The number of aromatic nitrogens is 2. The molecule has 0 aliphatic heterocycles. The quantitative estimate of drug-likeness (QED) is 0.741. The fraction of sp³-hybridized carbons (Fsp3) is 0.529. The van der Waals surface area contributed by atoms with E-state index in [2.05, 4.69) is 20.2 Å². The number of halogens is 1. The minimum atomic E-state index is -3.54. The van der Waals surface area contributed by atoms with Crippen molar-refractivity contribution in [3.05, 3.63) is 30.1 Å². The topological polar surface area (TPSA) is 97.1 Å². The first-order valence-corrected chi connectivity index (χ1v) is 10.1. The number of benzene rings is 1. The summed E-state index contributed by atoms with van der Waals surface area (Å²) in [5, 5.41) is 7.08. The Bertz CT molecular complexity index is 819. The van der Waals surface area contributed by atoms with Gasteiger partial charge in [0.2, 0.25) is 10.0 Å². The summed E-state index contributed by atoms with van der Waals surface area (Å²) in [7, 11) is -1.67. The summed E-state index contributed by atoms with van der Waals surface area (Å²) in [4.78, 5) is 4.58. The second kappa shape index (κ2) is 8.94. The lowest BCUT2D eigenvalue weighted by Gasteiger charge is -2.12. The van der Waals surface area contributed by atoms with Crippen molar-refractivity contribution in [1.29, 1.82) is 0 Å². The molecular weight excluding hydrogens is 376 g/mol. The molecule has 7 nitrogen and oxygen atoms in total. The molecule has 3 rings (SSSR count). The highest BCUT2D eigenvalue weighted by Gasteiger charge is 2.23. The van der Waals surface area contributed by atoms with Gasteiger partial charge < -0.3 is 9.84 Å². The van der Waals surface area contributed by atoms with Crippen molar-refractivity contribution in [2.45, 2.75) is 56.0 Å². The molecule has 1 unspecified atom stereocenters. The van der Waals surface area contributed by atoms with Crippen LogP contribution in [0, 0.1) is 0 Å². The molecule has 0 spiro atoms. The zero-order chi connectivity index (χ0) is 17.9. The van der Waals surface area contributed by atoms with Crippen molar-refractivity contribution in [3.8, 4) is 11.5 Å². The van der Waals surface area contributed by atoms with E-state index in [1.807, 2.05) is 14.0 Å². The van der Waals surface area contributed by atoms with E-state index in [-0.39, 0.29) is 29.4 Å². The summed E-state index contributed by atoms with van der Waals surface area (Å²) in [6.07, 6.45) is 4.58. The van der Waals surface area contributed by atoms with Crippen LogP contribution < -0.4 is 10.0 Å². The van der Waals surface area contributed by atoms with Gasteiger partial charge in [0, 0.05) is 24.1 Å². The van der Waals surface area contributed by atoms with Crippen molar-refractivity contribution < 1.29 is 12.9 Å².